The van der Waals surface area contributed by atoms with Crippen molar-refractivity contribution in [2.24, 2.45) is 5.92 Å². The molecule has 1 N–H and O–H groups in total. The molecule has 0 bridgehead atoms. The Bertz CT molecular complexity index is 628. The van der Waals surface area contributed by atoms with Crippen LogP contribution in [0, 0.1) is 5.92 Å². The monoisotopic (exact) mass is 342 g/mol. The molecule has 5 heteroatoms. The lowest BCUT2D eigenvalue weighted by Gasteiger charge is -2.33. The van der Waals surface area contributed by atoms with Gasteiger partial charge in [-0.25, -0.2) is 0 Å². The maximum atomic E-state index is 12.7. The zero-order valence-corrected chi connectivity index (χ0v) is 14.6. The first-order chi connectivity index (χ1) is 12.2. The van der Waals surface area contributed by atoms with Crippen LogP contribution in [-0.4, -0.2) is 42.5 Å². The average molecular weight is 342 g/mol. The van der Waals surface area contributed by atoms with Gasteiger partial charge in [-0.1, -0.05) is 30.3 Å². The molecular weight excluding hydrogens is 316 g/mol. The van der Waals surface area contributed by atoms with E-state index in [1.165, 1.54) is 5.56 Å². The highest BCUT2D eigenvalue weighted by molar-refractivity contribution is 5.83. The van der Waals surface area contributed by atoms with Crippen LogP contribution in [0.5, 0.6) is 0 Å². The minimum absolute atomic E-state index is 0.00901. The number of ether oxygens (including phenoxy) is 1. The summed E-state index contributed by atoms with van der Waals surface area (Å²) in [7, 11) is 0. The van der Waals surface area contributed by atoms with Crippen molar-refractivity contribution in [1.82, 2.24) is 10.2 Å². The van der Waals surface area contributed by atoms with E-state index in [2.05, 4.69) is 17.4 Å². The topological polar surface area (TPSA) is 58.6 Å². The van der Waals surface area contributed by atoms with Crippen molar-refractivity contribution < 1.29 is 14.3 Å². The summed E-state index contributed by atoms with van der Waals surface area (Å²) >= 11 is 0. The van der Waals surface area contributed by atoms with E-state index in [0.29, 0.717) is 19.7 Å². The van der Waals surface area contributed by atoms with E-state index in [4.69, 9.17) is 4.74 Å². The number of amides is 2. The van der Waals surface area contributed by atoms with Gasteiger partial charge < -0.3 is 15.0 Å². The minimum Gasteiger partial charge on any atom is -0.368 e. The van der Waals surface area contributed by atoms with E-state index < -0.39 is 0 Å². The summed E-state index contributed by atoms with van der Waals surface area (Å²) in [6, 6.07) is 10.2. The molecule has 0 unspecified atom stereocenters. The second kappa shape index (κ2) is 6.79. The molecule has 1 atom stereocenters. The van der Waals surface area contributed by atoms with Crippen molar-refractivity contribution in [2.75, 3.05) is 19.7 Å². The van der Waals surface area contributed by atoms with Crippen molar-refractivity contribution >= 4 is 11.8 Å². The van der Waals surface area contributed by atoms with Crippen molar-refractivity contribution in [3.05, 3.63) is 35.9 Å². The number of likely N-dealkylation sites (tertiary alicyclic amines) is 1. The Kier molecular flexibility index (Phi) is 4.50. The standard InChI is InChI=1S/C20H26N2O3/c23-18(21-20(10-11-20)16-5-2-1-3-6-16)15-8-12-22(13-9-15)19(24)17-7-4-14-25-17/h1-3,5-6,15,17H,4,7-14H2,(H,21,23)/t17-/m0/s1. The van der Waals surface area contributed by atoms with Crippen molar-refractivity contribution in [3.8, 4) is 0 Å². The molecule has 25 heavy (non-hydrogen) atoms. The van der Waals surface area contributed by atoms with Gasteiger partial charge in [0.25, 0.3) is 5.91 Å². The third-order valence-corrected chi connectivity index (χ3v) is 5.82. The van der Waals surface area contributed by atoms with Gasteiger partial charge in [-0.2, -0.15) is 0 Å². The van der Waals surface area contributed by atoms with Crippen LogP contribution in [0.3, 0.4) is 0 Å². The van der Waals surface area contributed by atoms with Gasteiger partial charge in [0.2, 0.25) is 5.91 Å². The number of piperidine rings is 1. The van der Waals surface area contributed by atoms with E-state index in [9.17, 15) is 9.59 Å². The molecule has 5 nitrogen and oxygen atoms in total. The normalized spacial score (nSPS) is 25.6. The van der Waals surface area contributed by atoms with Crippen LogP contribution >= 0.6 is 0 Å². The fraction of sp³-hybridized carbons (Fsp3) is 0.600. The van der Waals surface area contributed by atoms with Gasteiger partial charge in [-0.05, 0) is 44.1 Å². The van der Waals surface area contributed by atoms with Crippen LogP contribution in [0.1, 0.15) is 44.1 Å². The van der Waals surface area contributed by atoms with Crippen molar-refractivity contribution in [3.63, 3.8) is 0 Å². The minimum atomic E-state index is -0.252. The van der Waals surface area contributed by atoms with E-state index in [0.717, 1.165) is 38.5 Å². The number of benzene rings is 1. The first-order valence-electron chi connectivity index (χ1n) is 9.46. The Morgan fingerprint density at radius 3 is 2.40 bits per heavy atom. The molecule has 134 valence electrons. The zero-order valence-electron chi connectivity index (χ0n) is 14.6. The second-order valence-electron chi connectivity index (χ2n) is 7.54. The number of carbonyl (C=O) groups excluding carboxylic acids is 2. The summed E-state index contributed by atoms with van der Waals surface area (Å²) in [6.07, 6.45) is 5.07. The molecule has 3 fully saturated rings. The average Bonchev–Trinajstić information content (AvgIpc) is 3.23. The third kappa shape index (κ3) is 3.43. The summed E-state index contributed by atoms with van der Waals surface area (Å²) in [5, 5.41) is 3.29. The Labute approximate surface area is 148 Å². The molecule has 4 rings (SSSR count). The summed E-state index contributed by atoms with van der Waals surface area (Å²) in [6.45, 7) is 2.01. The number of hydrogen-bond acceptors (Lipinski definition) is 3. The molecule has 2 aliphatic heterocycles. The number of nitrogens with zero attached hydrogens (tertiary/aromatic N) is 1. The molecule has 0 radical (unpaired) electrons. The smallest absolute Gasteiger partial charge is 0.251 e. The van der Waals surface area contributed by atoms with Crippen molar-refractivity contribution in [2.45, 2.75) is 50.2 Å². The number of carbonyl (C=O) groups is 2. The van der Waals surface area contributed by atoms with Crippen molar-refractivity contribution in [1.29, 1.82) is 0 Å². The highest BCUT2D eigenvalue weighted by Crippen LogP contribution is 2.45. The lowest BCUT2D eigenvalue weighted by Crippen LogP contribution is -2.47. The van der Waals surface area contributed by atoms with Gasteiger partial charge in [-0.15, -0.1) is 0 Å². The fourth-order valence-electron chi connectivity index (χ4n) is 4.04. The molecule has 0 spiro atoms. The lowest BCUT2D eigenvalue weighted by molar-refractivity contribution is -0.144. The van der Waals surface area contributed by atoms with E-state index in [-0.39, 0.29) is 29.4 Å². The van der Waals surface area contributed by atoms with Gasteiger partial charge >= 0.3 is 0 Å². The molecule has 1 aromatic carbocycles. The van der Waals surface area contributed by atoms with Crippen LogP contribution < -0.4 is 5.32 Å². The quantitative estimate of drug-likeness (QED) is 0.913. The molecule has 1 saturated carbocycles. The summed E-state index contributed by atoms with van der Waals surface area (Å²) in [5.41, 5.74) is 1.05. The van der Waals surface area contributed by atoms with Gasteiger partial charge in [-0.3, -0.25) is 9.59 Å². The Hall–Kier alpha value is -1.88. The Morgan fingerprint density at radius 1 is 1.08 bits per heavy atom. The molecule has 3 aliphatic rings. The summed E-state index contributed by atoms with van der Waals surface area (Å²) in [5.74, 6) is 0.264. The third-order valence-electron chi connectivity index (χ3n) is 5.82. The molecule has 0 aromatic heterocycles. The Balaban J connectivity index is 1.30. The predicted octanol–water partition coefficient (Wildman–Crippen LogP) is 2.21. The molecule has 2 saturated heterocycles. The van der Waals surface area contributed by atoms with Gasteiger partial charge in [0.15, 0.2) is 0 Å². The molecule has 2 amide bonds. The maximum Gasteiger partial charge on any atom is 0.251 e. The maximum absolute atomic E-state index is 12.7. The number of rotatable bonds is 4. The highest BCUT2D eigenvalue weighted by atomic mass is 16.5. The van der Waals surface area contributed by atoms with Crippen LogP contribution in [0.2, 0.25) is 0 Å². The molecule has 1 aliphatic carbocycles. The number of hydrogen-bond donors (Lipinski definition) is 1. The van der Waals surface area contributed by atoms with Crippen LogP contribution in [0.25, 0.3) is 0 Å². The van der Waals surface area contributed by atoms with E-state index >= 15 is 0 Å². The van der Waals surface area contributed by atoms with Crippen LogP contribution in [0.15, 0.2) is 30.3 Å². The molecule has 1 aromatic rings. The molecular formula is C20H26N2O3. The largest absolute Gasteiger partial charge is 0.368 e. The van der Waals surface area contributed by atoms with Gasteiger partial charge in [0.1, 0.15) is 6.10 Å². The Morgan fingerprint density at radius 2 is 1.80 bits per heavy atom. The lowest BCUT2D eigenvalue weighted by atomic mass is 9.94. The van der Waals surface area contributed by atoms with Crippen LogP contribution in [-0.2, 0) is 19.9 Å². The molecule has 2 heterocycles. The first kappa shape index (κ1) is 16.6. The first-order valence-corrected chi connectivity index (χ1v) is 9.46. The van der Waals surface area contributed by atoms with Gasteiger partial charge in [0, 0.05) is 25.6 Å². The summed E-state index contributed by atoms with van der Waals surface area (Å²) in [4.78, 5) is 27.0. The number of nitrogens with one attached hydrogen (secondary N) is 1. The van der Waals surface area contributed by atoms with E-state index in [1.54, 1.807) is 0 Å². The SMILES string of the molecule is O=C(NC1(c2ccccc2)CC1)C1CCN(C(=O)[C@@H]2CCCO2)CC1. The van der Waals surface area contributed by atoms with Gasteiger partial charge in [0.05, 0.1) is 5.54 Å². The summed E-state index contributed by atoms with van der Waals surface area (Å²) < 4.78 is 5.49. The zero-order chi connectivity index (χ0) is 17.3. The van der Waals surface area contributed by atoms with E-state index in [1.807, 2.05) is 23.1 Å². The van der Waals surface area contributed by atoms with Crippen LogP contribution in [0.4, 0.5) is 0 Å². The highest BCUT2D eigenvalue weighted by Gasteiger charge is 2.46. The predicted molar refractivity (Wildman–Crippen MR) is 93.8 cm³/mol. The fourth-order valence-corrected chi connectivity index (χ4v) is 4.04. The second-order valence-corrected chi connectivity index (χ2v) is 7.54.